The summed E-state index contributed by atoms with van der Waals surface area (Å²) in [6, 6.07) is 7.47. The maximum Gasteiger partial charge on any atom is 0.524 e. The molecule has 1 aromatic rings. The molecular formula is C27H33ClF3N3O5. The van der Waals surface area contributed by atoms with Gasteiger partial charge in [-0.3, -0.25) is 14.3 Å². The minimum absolute atomic E-state index is 0.0281. The van der Waals surface area contributed by atoms with Gasteiger partial charge in [0, 0.05) is 37.2 Å². The van der Waals surface area contributed by atoms with E-state index in [1.165, 1.54) is 17.1 Å². The first-order valence-electron chi connectivity index (χ1n) is 12.7. The highest BCUT2D eigenvalue weighted by atomic mass is 35.5. The average Bonchev–Trinajstić information content (AvgIpc) is 2.82. The van der Waals surface area contributed by atoms with E-state index in [0.717, 1.165) is 0 Å². The summed E-state index contributed by atoms with van der Waals surface area (Å²) in [6.45, 7) is 5.53. The van der Waals surface area contributed by atoms with Crippen LogP contribution in [0.5, 0.6) is 0 Å². The molecule has 3 amide bonds. The molecule has 2 aliphatic rings. The maximum atomic E-state index is 13.3. The van der Waals surface area contributed by atoms with Crippen molar-refractivity contribution in [2.24, 2.45) is 0 Å². The van der Waals surface area contributed by atoms with Crippen molar-refractivity contribution in [3.8, 4) is 0 Å². The monoisotopic (exact) mass is 571 g/mol. The van der Waals surface area contributed by atoms with Crippen molar-refractivity contribution >= 4 is 35.1 Å². The van der Waals surface area contributed by atoms with Crippen LogP contribution in [-0.4, -0.2) is 59.0 Å². The zero-order valence-corrected chi connectivity index (χ0v) is 22.8. The van der Waals surface area contributed by atoms with Crippen LogP contribution in [0.4, 0.5) is 18.0 Å². The van der Waals surface area contributed by atoms with Crippen LogP contribution in [0.1, 0.15) is 58.4 Å². The normalized spacial score (nSPS) is 21.9. The van der Waals surface area contributed by atoms with Gasteiger partial charge in [-0.2, -0.15) is 0 Å². The largest absolute Gasteiger partial charge is 0.524 e. The number of carbonyl (C=O) groups is 3. The fraction of sp³-hybridized carbons (Fsp3) is 0.519. The predicted octanol–water partition coefficient (Wildman–Crippen LogP) is 5.24. The lowest BCUT2D eigenvalue weighted by Gasteiger charge is -2.37. The molecule has 1 aliphatic carbocycles. The summed E-state index contributed by atoms with van der Waals surface area (Å²) in [7, 11) is 0. The molecule has 0 radical (unpaired) electrons. The third kappa shape index (κ3) is 8.99. The molecule has 2 unspecified atom stereocenters. The fourth-order valence-corrected chi connectivity index (χ4v) is 4.87. The predicted molar refractivity (Wildman–Crippen MR) is 139 cm³/mol. The third-order valence-electron chi connectivity index (χ3n) is 6.05. The molecule has 1 saturated heterocycles. The lowest BCUT2D eigenvalue weighted by molar-refractivity contribution is -0.342. The molecule has 0 bridgehead atoms. The molecule has 1 aliphatic heterocycles. The molecule has 0 saturated carbocycles. The van der Waals surface area contributed by atoms with Crippen LogP contribution >= 0.6 is 11.6 Å². The van der Waals surface area contributed by atoms with Gasteiger partial charge in [0.05, 0.1) is 0 Å². The topological polar surface area (TPSA) is 97.0 Å². The number of alkyl halides is 4. The van der Waals surface area contributed by atoms with E-state index in [4.69, 9.17) is 16.3 Å². The first-order chi connectivity index (χ1) is 18.2. The molecular weight excluding hydrogens is 539 g/mol. The van der Waals surface area contributed by atoms with Gasteiger partial charge >= 0.3 is 12.5 Å². The summed E-state index contributed by atoms with van der Waals surface area (Å²) in [4.78, 5) is 39.4. The number of ether oxygens (including phenoxy) is 2. The van der Waals surface area contributed by atoms with Crippen molar-refractivity contribution in [3.63, 3.8) is 0 Å². The van der Waals surface area contributed by atoms with Gasteiger partial charge < -0.3 is 20.3 Å². The second kappa shape index (κ2) is 12.4. The van der Waals surface area contributed by atoms with Crippen LogP contribution in [-0.2, 0) is 19.1 Å². The Morgan fingerprint density at radius 3 is 2.44 bits per heavy atom. The quantitative estimate of drug-likeness (QED) is 0.436. The fourth-order valence-electron chi connectivity index (χ4n) is 4.47. The lowest BCUT2D eigenvalue weighted by Crippen LogP contribution is -2.52. The number of likely N-dealkylation sites (tertiary alicyclic amines) is 1. The number of alkyl carbamates (subject to hydrolysis) is 1. The highest BCUT2D eigenvalue weighted by molar-refractivity contribution is 6.29. The summed E-state index contributed by atoms with van der Waals surface area (Å²) in [5.41, 5.74) is -0.00113. The summed E-state index contributed by atoms with van der Waals surface area (Å²) >= 11 is 6.41. The Hall–Kier alpha value is -3.05. The first kappa shape index (κ1) is 30.5. The van der Waals surface area contributed by atoms with Gasteiger partial charge in [-0.1, -0.05) is 48.0 Å². The summed E-state index contributed by atoms with van der Waals surface area (Å²) in [5.74, 6) is -0.862. The van der Waals surface area contributed by atoms with Gasteiger partial charge in [0.15, 0.2) is 5.06 Å². The van der Waals surface area contributed by atoms with Crippen LogP contribution in [0.2, 0.25) is 0 Å². The highest BCUT2D eigenvalue weighted by Gasteiger charge is 2.47. The summed E-state index contributed by atoms with van der Waals surface area (Å²) in [6.07, 6.45) is -1.51. The maximum absolute atomic E-state index is 13.3. The number of piperidine rings is 1. The van der Waals surface area contributed by atoms with Crippen molar-refractivity contribution in [2.75, 3.05) is 13.1 Å². The number of rotatable bonds is 7. The molecule has 0 spiro atoms. The minimum Gasteiger partial charge on any atom is -0.444 e. The van der Waals surface area contributed by atoms with E-state index in [2.05, 4.69) is 15.4 Å². The van der Waals surface area contributed by atoms with Crippen molar-refractivity contribution in [3.05, 3.63) is 53.7 Å². The van der Waals surface area contributed by atoms with Gasteiger partial charge in [-0.05, 0) is 51.7 Å². The second-order valence-corrected chi connectivity index (χ2v) is 11.0. The van der Waals surface area contributed by atoms with E-state index in [1.807, 2.05) is 0 Å². The number of hydrogen-bond donors (Lipinski definition) is 2. The van der Waals surface area contributed by atoms with Crippen LogP contribution in [0.15, 0.2) is 48.2 Å². The van der Waals surface area contributed by atoms with Crippen molar-refractivity contribution in [1.29, 1.82) is 0 Å². The minimum atomic E-state index is -5.03. The Morgan fingerprint density at radius 2 is 1.79 bits per heavy atom. The molecule has 1 fully saturated rings. The van der Waals surface area contributed by atoms with Crippen LogP contribution in [0.25, 0.3) is 5.57 Å². The highest BCUT2D eigenvalue weighted by Crippen LogP contribution is 2.45. The Kier molecular flexibility index (Phi) is 9.71. The van der Waals surface area contributed by atoms with E-state index >= 15 is 0 Å². The smallest absolute Gasteiger partial charge is 0.444 e. The number of benzene rings is 1. The van der Waals surface area contributed by atoms with E-state index < -0.39 is 41.5 Å². The molecule has 1 aromatic carbocycles. The molecule has 1 heterocycles. The molecule has 0 aromatic heterocycles. The molecule has 8 nitrogen and oxygen atoms in total. The van der Waals surface area contributed by atoms with E-state index in [1.54, 1.807) is 51.1 Å². The number of carbonyl (C=O) groups excluding carboxylic acids is 3. The SMILES string of the molecule is CC(C)(C)OC(=O)NCCC(=O)N1CCCCC1C(=O)NC1=CC=C(c2ccccc2)C(Cl)(OC(F)(F)F)C1. The Morgan fingerprint density at radius 1 is 1.10 bits per heavy atom. The molecule has 39 heavy (non-hydrogen) atoms. The van der Waals surface area contributed by atoms with Crippen molar-refractivity contribution in [1.82, 2.24) is 15.5 Å². The van der Waals surface area contributed by atoms with Gasteiger partial charge in [0.2, 0.25) is 11.8 Å². The zero-order valence-electron chi connectivity index (χ0n) is 22.1. The van der Waals surface area contributed by atoms with Crippen molar-refractivity contribution < 1.29 is 37.0 Å². The number of hydrogen-bond acceptors (Lipinski definition) is 5. The van der Waals surface area contributed by atoms with E-state index in [9.17, 15) is 27.6 Å². The van der Waals surface area contributed by atoms with Gasteiger partial charge in [0.1, 0.15) is 11.6 Å². The molecule has 2 N–H and O–H groups in total. The van der Waals surface area contributed by atoms with Gasteiger partial charge in [-0.15, -0.1) is 13.2 Å². The molecule has 2 atom stereocenters. The molecule has 12 heteroatoms. The number of nitrogens with zero attached hydrogens (tertiary/aromatic N) is 1. The number of nitrogens with one attached hydrogen (secondary N) is 2. The first-order valence-corrected chi connectivity index (χ1v) is 13.0. The van der Waals surface area contributed by atoms with Crippen LogP contribution in [0.3, 0.4) is 0 Å². The Labute approximate surface area is 230 Å². The van der Waals surface area contributed by atoms with E-state index in [0.29, 0.717) is 31.4 Å². The summed E-state index contributed by atoms with van der Waals surface area (Å²) in [5, 5.41) is 2.87. The third-order valence-corrected chi connectivity index (χ3v) is 6.46. The number of halogens is 4. The Bertz CT molecular complexity index is 1120. The average molecular weight is 572 g/mol. The lowest BCUT2D eigenvalue weighted by atomic mass is 9.92. The number of allylic oxidation sites excluding steroid dienone is 2. The molecule has 3 rings (SSSR count). The van der Waals surface area contributed by atoms with E-state index in [-0.39, 0.29) is 30.1 Å². The van der Waals surface area contributed by atoms with Crippen molar-refractivity contribution in [2.45, 2.75) is 75.9 Å². The summed E-state index contributed by atoms with van der Waals surface area (Å²) < 4.78 is 49.4. The standard InChI is InChI=1S/C27H33ClF3N3O5/c1-25(2,3)38-24(37)32-15-14-22(35)34-16-8-7-11-21(34)23(36)33-19-12-13-20(18-9-5-4-6-10-18)26(28,17-19)39-27(29,30)31/h4-6,9-10,12-13,21H,7-8,11,14-17H2,1-3H3,(H,32,37)(H,33,36). The number of amides is 3. The van der Waals surface area contributed by atoms with Gasteiger partial charge in [0.25, 0.3) is 0 Å². The van der Waals surface area contributed by atoms with Crippen LogP contribution < -0.4 is 10.6 Å². The zero-order chi connectivity index (χ0) is 28.8. The Balaban J connectivity index is 1.69. The second-order valence-electron chi connectivity index (χ2n) is 10.4. The van der Waals surface area contributed by atoms with Gasteiger partial charge in [-0.25, -0.2) is 4.79 Å². The molecule has 214 valence electrons. The van der Waals surface area contributed by atoms with Crippen LogP contribution in [0, 0.1) is 0 Å².